The fraction of sp³-hybridized carbons (Fsp3) is 0.920. The van der Waals surface area contributed by atoms with E-state index in [1.54, 1.807) is 20.8 Å². The van der Waals surface area contributed by atoms with Gasteiger partial charge in [0, 0.05) is 6.42 Å². The van der Waals surface area contributed by atoms with Crippen LogP contribution in [0.4, 0.5) is 0 Å². The Morgan fingerprint density at radius 2 is 1.25 bits per heavy atom. The van der Waals surface area contributed by atoms with Gasteiger partial charge in [-0.15, -0.1) is 0 Å². The van der Waals surface area contributed by atoms with E-state index in [1.807, 2.05) is 41.5 Å². The van der Waals surface area contributed by atoms with Gasteiger partial charge in [-0.1, -0.05) is 47.0 Å². The van der Waals surface area contributed by atoms with Crippen molar-refractivity contribution in [1.82, 2.24) is 0 Å². The Kier molecular flexibility index (Phi) is 15.3. The summed E-state index contributed by atoms with van der Waals surface area (Å²) in [6.07, 6.45) is 6.56. The Bertz CT molecular complexity index is 520. The first kappa shape index (κ1) is 33.0. The molecule has 0 bridgehead atoms. The van der Waals surface area contributed by atoms with Crippen molar-refractivity contribution in [3.8, 4) is 0 Å². The Balaban J connectivity index is 0. The maximum absolute atomic E-state index is 11.3. The lowest BCUT2D eigenvalue weighted by Gasteiger charge is -2.22. The van der Waals surface area contributed by atoms with Gasteiger partial charge in [0.1, 0.15) is 11.2 Å². The van der Waals surface area contributed by atoms with E-state index in [9.17, 15) is 9.59 Å². The van der Waals surface area contributed by atoms with Crippen LogP contribution in [0, 0.1) is 10.8 Å². The van der Waals surface area contributed by atoms with Crippen LogP contribution in [0.2, 0.25) is 0 Å². The van der Waals surface area contributed by atoms with Gasteiger partial charge in [-0.05, 0) is 85.1 Å². The summed E-state index contributed by atoms with van der Waals surface area (Å²) in [5.41, 5.74) is -1.07. The molecule has 0 aliphatic heterocycles. The average molecular weight is 463 g/mol. The second kappa shape index (κ2) is 14.9. The Hall–Kier alpha value is -1.18. The molecule has 0 aliphatic rings. The van der Waals surface area contributed by atoms with Crippen molar-refractivity contribution in [1.29, 1.82) is 0 Å². The van der Waals surface area contributed by atoms with Crippen molar-refractivity contribution in [3.05, 3.63) is 0 Å². The summed E-state index contributed by atoms with van der Waals surface area (Å²) in [6, 6.07) is 0. The van der Waals surface area contributed by atoms with E-state index in [0.29, 0.717) is 11.8 Å². The minimum atomic E-state index is -0.585. The van der Waals surface area contributed by atoms with Gasteiger partial charge in [-0.25, -0.2) is 9.59 Å². The Labute approximate surface area is 196 Å². The van der Waals surface area contributed by atoms with Gasteiger partial charge in [-0.3, -0.25) is 9.78 Å². The standard InChI is InChI=1S/C14H28O3.C11H22O4/c1-13(2,3)11-9-7-8-10-12(15)16-17-14(4,5)6;1-7-8-11(5,6)14-15-13-9(12)10(2,3)4/h7-11H2,1-6H3;7-8H2,1-6H3. The second-order valence-corrected chi connectivity index (χ2v) is 12.1. The molecule has 0 fully saturated rings. The molecular weight excluding hydrogens is 412 g/mol. The predicted molar refractivity (Wildman–Crippen MR) is 126 cm³/mol. The predicted octanol–water partition coefficient (Wildman–Crippen LogP) is 7.27. The Morgan fingerprint density at radius 3 is 1.69 bits per heavy atom. The maximum Gasteiger partial charge on any atom is 0.350 e. The summed E-state index contributed by atoms with van der Waals surface area (Å²) in [7, 11) is 0. The van der Waals surface area contributed by atoms with E-state index in [1.165, 1.54) is 6.42 Å². The van der Waals surface area contributed by atoms with Gasteiger partial charge in [0.25, 0.3) is 0 Å². The summed E-state index contributed by atoms with van der Waals surface area (Å²) in [6.45, 7) is 23.3. The molecule has 32 heavy (non-hydrogen) atoms. The summed E-state index contributed by atoms with van der Waals surface area (Å²) >= 11 is 0. The number of hydrogen-bond donors (Lipinski definition) is 0. The van der Waals surface area contributed by atoms with Crippen molar-refractivity contribution in [2.45, 2.75) is 139 Å². The van der Waals surface area contributed by atoms with E-state index in [0.717, 1.165) is 32.1 Å². The third-order valence-corrected chi connectivity index (χ3v) is 4.03. The zero-order valence-corrected chi connectivity index (χ0v) is 22.8. The van der Waals surface area contributed by atoms with Crippen LogP contribution in [0.3, 0.4) is 0 Å². The topological polar surface area (TPSA) is 80.3 Å². The van der Waals surface area contributed by atoms with E-state index in [2.05, 4.69) is 30.7 Å². The number of hydrogen-bond acceptors (Lipinski definition) is 7. The minimum Gasteiger partial charge on any atom is -0.298 e. The van der Waals surface area contributed by atoms with Crippen LogP contribution in [0.1, 0.15) is 128 Å². The van der Waals surface area contributed by atoms with Crippen LogP contribution in [0.5, 0.6) is 0 Å². The van der Waals surface area contributed by atoms with Crippen LogP contribution < -0.4 is 0 Å². The summed E-state index contributed by atoms with van der Waals surface area (Å²) in [5.74, 6) is -0.717. The zero-order valence-electron chi connectivity index (χ0n) is 22.8. The fourth-order valence-electron chi connectivity index (χ4n) is 2.22. The number of rotatable bonds is 11. The van der Waals surface area contributed by atoms with Crippen LogP contribution in [0.15, 0.2) is 0 Å². The second-order valence-electron chi connectivity index (χ2n) is 12.1. The first-order valence-electron chi connectivity index (χ1n) is 11.7. The van der Waals surface area contributed by atoms with Gasteiger partial charge in [0.2, 0.25) is 0 Å². The fourth-order valence-corrected chi connectivity index (χ4v) is 2.22. The van der Waals surface area contributed by atoms with Gasteiger partial charge < -0.3 is 0 Å². The van der Waals surface area contributed by atoms with E-state index in [-0.39, 0.29) is 5.97 Å². The molecule has 0 aromatic carbocycles. The van der Waals surface area contributed by atoms with Crippen LogP contribution in [-0.2, 0) is 34.2 Å². The molecule has 0 aliphatic carbocycles. The molecule has 0 unspecified atom stereocenters. The highest BCUT2D eigenvalue weighted by atomic mass is 17.5. The molecule has 0 saturated heterocycles. The molecule has 0 aromatic rings. The number of unbranched alkanes of at least 4 members (excludes halogenated alkanes) is 2. The van der Waals surface area contributed by atoms with Crippen molar-refractivity contribution < 1.29 is 34.2 Å². The third kappa shape index (κ3) is 23.5. The molecule has 0 radical (unpaired) electrons. The molecule has 0 saturated carbocycles. The molecule has 7 heteroatoms. The quantitative estimate of drug-likeness (QED) is 0.181. The molecule has 0 amide bonds. The lowest BCUT2D eigenvalue weighted by atomic mass is 9.89. The molecule has 0 spiro atoms. The first-order chi connectivity index (χ1) is 14.3. The van der Waals surface area contributed by atoms with Crippen LogP contribution in [-0.4, -0.2) is 23.1 Å². The molecule has 0 aromatic heterocycles. The smallest absolute Gasteiger partial charge is 0.298 e. The maximum atomic E-state index is 11.3. The minimum absolute atomic E-state index is 0.268. The molecule has 0 rings (SSSR count). The van der Waals surface area contributed by atoms with E-state index < -0.39 is 22.6 Å². The molecule has 192 valence electrons. The average Bonchev–Trinajstić information content (AvgIpc) is 2.57. The first-order valence-corrected chi connectivity index (χ1v) is 11.7. The lowest BCUT2D eigenvalue weighted by molar-refractivity contribution is -0.518. The summed E-state index contributed by atoms with van der Waals surface area (Å²) < 4.78 is 0. The highest BCUT2D eigenvalue weighted by Gasteiger charge is 2.26. The monoisotopic (exact) mass is 462 g/mol. The van der Waals surface area contributed by atoms with Gasteiger partial charge in [0.15, 0.2) is 0 Å². The number of carbonyl (C=O) groups excluding carboxylic acids is 2. The molecular formula is C25H50O7. The van der Waals surface area contributed by atoms with Gasteiger partial charge >= 0.3 is 11.9 Å². The SMILES string of the molecule is CC(C)(C)CCCCCC(=O)OOC(C)(C)C.CCCC(C)(C)OOOC(=O)C(C)(C)C. The van der Waals surface area contributed by atoms with Crippen molar-refractivity contribution in [3.63, 3.8) is 0 Å². The Morgan fingerprint density at radius 1 is 0.688 bits per heavy atom. The molecule has 7 nitrogen and oxygen atoms in total. The van der Waals surface area contributed by atoms with E-state index in [4.69, 9.17) is 14.7 Å². The van der Waals surface area contributed by atoms with Crippen molar-refractivity contribution in [2.24, 2.45) is 10.8 Å². The summed E-state index contributed by atoms with van der Waals surface area (Å²) in [4.78, 5) is 41.8. The van der Waals surface area contributed by atoms with Crippen molar-refractivity contribution >= 4 is 11.9 Å². The molecule has 0 N–H and O–H groups in total. The molecule has 0 atom stereocenters. The van der Waals surface area contributed by atoms with Crippen LogP contribution >= 0.6 is 0 Å². The zero-order chi connectivity index (χ0) is 25.6. The molecule has 0 heterocycles. The normalized spacial score (nSPS) is 12.6. The van der Waals surface area contributed by atoms with Gasteiger partial charge in [0.05, 0.1) is 5.41 Å². The number of carbonyl (C=O) groups is 2. The van der Waals surface area contributed by atoms with Gasteiger partial charge in [-0.2, -0.15) is 9.78 Å². The summed E-state index contributed by atoms with van der Waals surface area (Å²) in [5, 5.41) is 4.49. The van der Waals surface area contributed by atoms with Crippen molar-refractivity contribution in [2.75, 3.05) is 0 Å². The largest absolute Gasteiger partial charge is 0.350 e. The highest BCUT2D eigenvalue weighted by molar-refractivity contribution is 5.74. The highest BCUT2D eigenvalue weighted by Crippen LogP contribution is 2.22. The lowest BCUT2D eigenvalue weighted by Crippen LogP contribution is -2.28. The third-order valence-electron chi connectivity index (χ3n) is 4.03. The van der Waals surface area contributed by atoms with E-state index >= 15 is 0 Å². The van der Waals surface area contributed by atoms with Crippen LogP contribution in [0.25, 0.3) is 0 Å².